The molecule has 3 N–H and O–H groups in total. The van der Waals surface area contributed by atoms with Crippen LogP contribution in [0.25, 0.3) is 0 Å². The molecule has 80 valence electrons. The van der Waals surface area contributed by atoms with E-state index in [1.165, 1.54) is 11.0 Å². The second-order valence-electron chi connectivity index (χ2n) is 3.86. The van der Waals surface area contributed by atoms with E-state index in [0.717, 1.165) is 12.1 Å². The summed E-state index contributed by atoms with van der Waals surface area (Å²) < 4.78 is 5.89. The van der Waals surface area contributed by atoms with Crippen molar-refractivity contribution in [2.45, 2.75) is 26.3 Å². The van der Waals surface area contributed by atoms with Gasteiger partial charge >= 0.3 is 6.92 Å². The minimum Gasteiger partial charge on any atom is -0.424 e. The van der Waals surface area contributed by atoms with E-state index in [1.807, 2.05) is 0 Å². The summed E-state index contributed by atoms with van der Waals surface area (Å²) in [7, 11) is 0. The predicted octanol–water partition coefficient (Wildman–Crippen LogP) is 1.32. The summed E-state index contributed by atoms with van der Waals surface area (Å²) in [5.41, 5.74) is 9.21. The zero-order valence-electron chi connectivity index (χ0n) is 9.29. The van der Waals surface area contributed by atoms with Crippen LogP contribution in [0, 0.1) is 0 Å². The Morgan fingerprint density at radius 1 is 1.53 bits per heavy atom. The first-order valence-corrected chi connectivity index (χ1v) is 5.50. The highest BCUT2D eigenvalue weighted by molar-refractivity contribution is 6.69. The maximum Gasteiger partial charge on any atom is 0.326 e. The van der Waals surface area contributed by atoms with Gasteiger partial charge in [0.05, 0.1) is 12.8 Å². The summed E-state index contributed by atoms with van der Waals surface area (Å²) in [6, 6.07) is 6.26. The Balaban J connectivity index is 2.42. The predicted molar refractivity (Wildman–Crippen MR) is 64.5 cm³/mol. The van der Waals surface area contributed by atoms with Crippen molar-refractivity contribution in [2.24, 2.45) is 5.73 Å². The Morgan fingerprint density at radius 3 is 3.00 bits per heavy atom. The number of nitrogens with two attached hydrogens (primary N) is 1. The van der Waals surface area contributed by atoms with Crippen molar-refractivity contribution in [3.63, 3.8) is 0 Å². The second-order valence-corrected chi connectivity index (χ2v) is 3.86. The van der Waals surface area contributed by atoms with Crippen LogP contribution < -0.4 is 16.5 Å². The lowest BCUT2D eigenvalue weighted by atomic mass is 9.63. The highest BCUT2D eigenvalue weighted by Gasteiger charge is 2.32. The summed E-state index contributed by atoms with van der Waals surface area (Å²) >= 11 is 0. The van der Waals surface area contributed by atoms with E-state index in [0.29, 0.717) is 6.67 Å². The number of benzene rings is 1. The van der Waals surface area contributed by atoms with Gasteiger partial charge in [-0.1, -0.05) is 25.9 Å². The van der Waals surface area contributed by atoms with Crippen molar-refractivity contribution in [3.8, 4) is 0 Å². The Morgan fingerprint density at radius 2 is 2.33 bits per heavy atom. The van der Waals surface area contributed by atoms with Gasteiger partial charge in [0, 0.05) is 5.69 Å². The van der Waals surface area contributed by atoms with Gasteiger partial charge in [0.1, 0.15) is 0 Å². The number of hydrogen-bond acceptors (Lipinski definition) is 3. The molecule has 0 bridgehead atoms. The summed E-state index contributed by atoms with van der Waals surface area (Å²) in [5.74, 6) is 0. The Kier molecular flexibility index (Phi) is 2.98. The molecular weight excluding hydrogens is 187 g/mol. The monoisotopic (exact) mass is 204 g/mol. The standard InChI is InChI=1S/C11H17BN2O/c1-3-10-8-5-4-6-9(14-7-13)11(8)12(2)15-10/h4-6,10,14H,3,7,13H2,1-2H3/t10-/m0/s1. The first-order valence-electron chi connectivity index (χ1n) is 5.50. The number of anilines is 1. The molecule has 2 rings (SSSR count). The van der Waals surface area contributed by atoms with Crippen molar-refractivity contribution in [1.29, 1.82) is 0 Å². The molecule has 15 heavy (non-hydrogen) atoms. The first-order chi connectivity index (χ1) is 7.27. The molecule has 0 aliphatic carbocycles. The average Bonchev–Trinajstić information content (AvgIpc) is 2.57. The lowest BCUT2D eigenvalue weighted by molar-refractivity contribution is 0.221. The molecule has 3 nitrogen and oxygen atoms in total. The fourth-order valence-corrected chi connectivity index (χ4v) is 2.29. The summed E-state index contributed by atoms with van der Waals surface area (Å²) in [6.07, 6.45) is 1.26. The van der Waals surface area contributed by atoms with Crippen LogP contribution in [0.3, 0.4) is 0 Å². The van der Waals surface area contributed by atoms with Gasteiger partial charge in [0.2, 0.25) is 0 Å². The van der Waals surface area contributed by atoms with E-state index >= 15 is 0 Å². The molecule has 4 heteroatoms. The first kappa shape index (κ1) is 10.5. The Bertz CT molecular complexity index is 356. The second kappa shape index (κ2) is 4.25. The molecule has 1 atom stereocenters. The number of rotatable bonds is 3. The van der Waals surface area contributed by atoms with E-state index in [1.54, 1.807) is 0 Å². The van der Waals surface area contributed by atoms with Crippen molar-refractivity contribution >= 4 is 18.1 Å². The van der Waals surface area contributed by atoms with E-state index in [4.69, 9.17) is 10.4 Å². The van der Waals surface area contributed by atoms with Crippen molar-refractivity contribution in [2.75, 3.05) is 12.0 Å². The Labute approximate surface area is 91.1 Å². The lowest BCUT2D eigenvalue weighted by Crippen LogP contribution is -2.29. The van der Waals surface area contributed by atoms with Crippen LogP contribution in [0.1, 0.15) is 25.0 Å². The van der Waals surface area contributed by atoms with E-state index < -0.39 is 0 Å². The minimum absolute atomic E-state index is 0.167. The number of fused-ring (bicyclic) bond motifs is 1. The van der Waals surface area contributed by atoms with E-state index in [9.17, 15) is 0 Å². The number of hydrogen-bond donors (Lipinski definition) is 2. The molecule has 1 aromatic rings. The maximum atomic E-state index is 5.89. The molecule has 0 saturated carbocycles. The molecule has 1 heterocycles. The molecule has 0 fully saturated rings. The third-order valence-electron chi connectivity index (χ3n) is 2.92. The Hall–Kier alpha value is -0.995. The summed E-state index contributed by atoms with van der Waals surface area (Å²) in [6.45, 7) is 4.87. The van der Waals surface area contributed by atoms with E-state index in [-0.39, 0.29) is 13.0 Å². The van der Waals surface area contributed by atoms with Crippen molar-refractivity contribution < 1.29 is 4.65 Å². The molecule has 1 aliphatic heterocycles. The lowest BCUT2D eigenvalue weighted by Gasteiger charge is -2.11. The highest BCUT2D eigenvalue weighted by Crippen LogP contribution is 2.29. The molecule has 0 aromatic heterocycles. The van der Waals surface area contributed by atoms with Gasteiger partial charge in [0.25, 0.3) is 0 Å². The van der Waals surface area contributed by atoms with Gasteiger partial charge in [-0.2, -0.15) is 0 Å². The van der Waals surface area contributed by atoms with Crippen LogP contribution >= 0.6 is 0 Å². The maximum absolute atomic E-state index is 5.89. The molecule has 1 aliphatic rings. The summed E-state index contributed by atoms with van der Waals surface area (Å²) in [4.78, 5) is 0. The van der Waals surface area contributed by atoms with Gasteiger partial charge in [-0.15, -0.1) is 0 Å². The van der Waals surface area contributed by atoms with Crippen LogP contribution in [0.2, 0.25) is 6.82 Å². The quantitative estimate of drug-likeness (QED) is 0.576. The van der Waals surface area contributed by atoms with Gasteiger partial charge < -0.3 is 15.7 Å². The van der Waals surface area contributed by atoms with Crippen LogP contribution in [0.4, 0.5) is 5.69 Å². The fraction of sp³-hybridized carbons (Fsp3) is 0.455. The minimum atomic E-state index is 0.167. The van der Waals surface area contributed by atoms with Gasteiger partial charge in [0.15, 0.2) is 0 Å². The third-order valence-corrected chi connectivity index (χ3v) is 2.92. The zero-order valence-corrected chi connectivity index (χ0v) is 9.29. The van der Waals surface area contributed by atoms with Gasteiger partial charge in [-0.3, -0.25) is 0 Å². The zero-order chi connectivity index (χ0) is 10.8. The van der Waals surface area contributed by atoms with Crippen molar-refractivity contribution in [3.05, 3.63) is 23.8 Å². The highest BCUT2D eigenvalue weighted by atomic mass is 16.5. The topological polar surface area (TPSA) is 47.3 Å². The van der Waals surface area contributed by atoms with Crippen LogP contribution in [0.5, 0.6) is 0 Å². The molecule has 0 amide bonds. The molecule has 0 radical (unpaired) electrons. The molecule has 0 unspecified atom stereocenters. The largest absolute Gasteiger partial charge is 0.424 e. The SMILES string of the molecule is CC[C@@H]1OB(C)c2c(NCN)cccc21. The molecule has 1 aromatic carbocycles. The van der Waals surface area contributed by atoms with Crippen molar-refractivity contribution in [1.82, 2.24) is 0 Å². The molecular formula is C11H17BN2O. The molecule has 0 saturated heterocycles. The summed E-state index contributed by atoms with van der Waals surface area (Å²) in [5, 5.41) is 3.18. The average molecular weight is 204 g/mol. The van der Waals surface area contributed by atoms with Crippen LogP contribution in [-0.2, 0) is 4.65 Å². The smallest absolute Gasteiger partial charge is 0.326 e. The fourth-order valence-electron chi connectivity index (χ4n) is 2.29. The number of nitrogens with one attached hydrogen (secondary N) is 1. The van der Waals surface area contributed by atoms with Crippen LogP contribution in [-0.4, -0.2) is 13.6 Å². The van der Waals surface area contributed by atoms with E-state index in [2.05, 4.69) is 37.3 Å². The third kappa shape index (κ3) is 1.75. The van der Waals surface area contributed by atoms with Gasteiger partial charge in [-0.25, -0.2) is 0 Å². The normalized spacial score (nSPS) is 19.1. The van der Waals surface area contributed by atoms with Gasteiger partial charge in [-0.05, 0) is 23.5 Å². The molecule has 0 spiro atoms. The van der Waals surface area contributed by atoms with Crippen LogP contribution in [0.15, 0.2) is 18.2 Å².